The van der Waals surface area contributed by atoms with Crippen LogP contribution >= 0.6 is 11.6 Å². The number of rotatable bonds is 4. The average Bonchev–Trinajstić information content (AvgIpc) is 2.62. The van der Waals surface area contributed by atoms with E-state index >= 15 is 0 Å². The van der Waals surface area contributed by atoms with Gasteiger partial charge in [0, 0.05) is 24.2 Å². The lowest BCUT2D eigenvalue weighted by molar-refractivity contribution is -0.126. The number of likely N-dealkylation sites (N-methyl/N-ethyl adjacent to an activating group) is 1. The molecule has 0 aliphatic carbocycles. The van der Waals surface area contributed by atoms with Gasteiger partial charge < -0.3 is 10.1 Å². The molecule has 5 heteroatoms. The molecular weight excluding hydrogens is 336 g/mol. The second kappa shape index (κ2) is 7.11. The van der Waals surface area contributed by atoms with E-state index in [4.69, 9.17) is 16.3 Å². The summed E-state index contributed by atoms with van der Waals surface area (Å²) in [6.07, 6.45) is 1.20. The van der Waals surface area contributed by atoms with Gasteiger partial charge in [0.05, 0.1) is 0 Å². The number of nitrogens with zero attached hydrogens (tertiary/aromatic N) is 1. The van der Waals surface area contributed by atoms with E-state index in [1.165, 1.54) is 5.56 Å². The van der Waals surface area contributed by atoms with Crippen LogP contribution in [0.4, 0.5) is 0 Å². The van der Waals surface area contributed by atoms with Crippen LogP contribution in [-0.4, -0.2) is 24.0 Å². The fraction of sp³-hybridized carbons (Fsp3) is 0.200. The molecule has 0 bridgehead atoms. The van der Waals surface area contributed by atoms with Gasteiger partial charge in [-0.05, 0) is 48.6 Å². The quantitative estimate of drug-likeness (QED) is 0.707. The number of hydrogen-bond acceptors (Lipinski definition) is 3. The topological polar surface area (TPSA) is 51.2 Å². The molecule has 0 saturated carbocycles. The third-order valence-electron chi connectivity index (χ3n) is 4.17. The lowest BCUT2D eigenvalue weighted by Gasteiger charge is -2.15. The van der Waals surface area contributed by atoms with E-state index in [0.29, 0.717) is 10.9 Å². The van der Waals surface area contributed by atoms with Gasteiger partial charge in [-0.25, -0.2) is 4.98 Å². The third kappa shape index (κ3) is 3.44. The summed E-state index contributed by atoms with van der Waals surface area (Å²) in [4.78, 5) is 16.0. The summed E-state index contributed by atoms with van der Waals surface area (Å²) in [5, 5.41) is 4.77. The highest BCUT2D eigenvalue weighted by molar-refractivity contribution is 6.34. The fourth-order valence-corrected chi connectivity index (χ4v) is 3.02. The summed E-state index contributed by atoms with van der Waals surface area (Å²) in [6.45, 7) is 3.77. The molecule has 1 amide bonds. The maximum atomic E-state index is 11.6. The van der Waals surface area contributed by atoms with Crippen molar-refractivity contribution in [3.8, 4) is 16.9 Å². The molecule has 3 rings (SSSR count). The molecule has 128 valence electrons. The number of pyridine rings is 1. The zero-order chi connectivity index (χ0) is 18.0. The minimum Gasteiger partial charge on any atom is -0.481 e. The first-order valence-corrected chi connectivity index (χ1v) is 8.41. The predicted molar refractivity (Wildman–Crippen MR) is 101 cm³/mol. The zero-order valence-corrected chi connectivity index (χ0v) is 15.1. The molecule has 3 aromatic rings. The molecule has 0 aliphatic rings. The number of ether oxygens (including phenoxy) is 1. The van der Waals surface area contributed by atoms with Crippen molar-refractivity contribution >= 4 is 28.3 Å². The van der Waals surface area contributed by atoms with Crippen LogP contribution < -0.4 is 10.1 Å². The first-order chi connectivity index (χ1) is 12.0. The van der Waals surface area contributed by atoms with Crippen molar-refractivity contribution in [1.82, 2.24) is 10.3 Å². The van der Waals surface area contributed by atoms with Crippen LogP contribution in [-0.2, 0) is 4.79 Å². The van der Waals surface area contributed by atoms with Gasteiger partial charge in [-0.15, -0.1) is 0 Å². The Labute approximate surface area is 151 Å². The number of nitrogens with one attached hydrogen (secondary N) is 1. The van der Waals surface area contributed by atoms with E-state index in [-0.39, 0.29) is 5.91 Å². The number of amides is 1. The molecule has 0 saturated heterocycles. The van der Waals surface area contributed by atoms with Crippen LogP contribution in [0.3, 0.4) is 0 Å². The molecule has 1 N–H and O–H groups in total. The van der Waals surface area contributed by atoms with Gasteiger partial charge in [-0.2, -0.15) is 0 Å². The Kier molecular flexibility index (Phi) is 4.91. The zero-order valence-electron chi connectivity index (χ0n) is 14.3. The molecule has 25 heavy (non-hydrogen) atoms. The lowest BCUT2D eigenvalue weighted by atomic mass is 9.97. The Hall–Kier alpha value is -2.59. The molecule has 0 spiro atoms. The summed E-state index contributed by atoms with van der Waals surface area (Å²) in [7, 11) is 1.58. The minimum atomic E-state index is -0.589. The Morgan fingerprint density at radius 3 is 2.64 bits per heavy atom. The summed E-state index contributed by atoms with van der Waals surface area (Å²) in [6, 6.07) is 13.8. The standard InChI is InChI=1S/C20H19ClN2O2/c1-12-6-4-5-7-15(12)18-11-23-19(21)17-10-14(8-9-16(17)18)25-13(2)20(24)22-3/h4-11,13H,1-3H3,(H,22,24)/t13-/m1/s1. The highest BCUT2D eigenvalue weighted by Gasteiger charge is 2.15. The Morgan fingerprint density at radius 2 is 1.92 bits per heavy atom. The van der Waals surface area contributed by atoms with E-state index in [1.54, 1.807) is 20.2 Å². The molecule has 0 unspecified atom stereocenters. The highest BCUT2D eigenvalue weighted by Crippen LogP contribution is 2.35. The highest BCUT2D eigenvalue weighted by atomic mass is 35.5. The van der Waals surface area contributed by atoms with Crippen molar-refractivity contribution in [2.24, 2.45) is 0 Å². The second-order valence-electron chi connectivity index (χ2n) is 5.86. The maximum Gasteiger partial charge on any atom is 0.260 e. The molecule has 2 aromatic carbocycles. The van der Waals surface area contributed by atoms with Gasteiger partial charge in [-0.1, -0.05) is 35.9 Å². The number of carbonyl (C=O) groups excluding carboxylic acids is 1. The first kappa shape index (κ1) is 17.2. The molecule has 0 radical (unpaired) electrons. The van der Waals surface area contributed by atoms with Gasteiger partial charge in [0.1, 0.15) is 10.9 Å². The number of aryl methyl sites for hydroxylation is 1. The predicted octanol–water partition coefficient (Wildman–Crippen LogP) is 4.38. The van der Waals surface area contributed by atoms with E-state index in [1.807, 2.05) is 30.3 Å². The number of halogens is 1. The SMILES string of the molecule is CNC(=O)[C@@H](C)Oc1ccc2c(-c3ccccc3C)cnc(Cl)c2c1. The summed E-state index contributed by atoms with van der Waals surface area (Å²) >= 11 is 6.31. The molecule has 4 nitrogen and oxygen atoms in total. The van der Waals surface area contributed by atoms with Crippen molar-refractivity contribution in [1.29, 1.82) is 0 Å². The smallest absolute Gasteiger partial charge is 0.260 e. The van der Waals surface area contributed by atoms with E-state index in [0.717, 1.165) is 21.9 Å². The van der Waals surface area contributed by atoms with Crippen LogP contribution in [0.15, 0.2) is 48.7 Å². The van der Waals surface area contributed by atoms with Crippen molar-refractivity contribution in [2.45, 2.75) is 20.0 Å². The summed E-state index contributed by atoms with van der Waals surface area (Å²) in [5.41, 5.74) is 3.30. The number of carbonyl (C=O) groups is 1. The summed E-state index contributed by atoms with van der Waals surface area (Å²) in [5.74, 6) is 0.396. The normalized spacial score (nSPS) is 12.0. The average molecular weight is 355 g/mol. The molecule has 0 aliphatic heterocycles. The molecule has 1 aromatic heterocycles. The molecule has 0 fully saturated rings. The Balaban J connectivity index is 2.08. The number of aromatic nitrogens is 1. The van der Waals surface area contributed by atoms with Gasteiger partial charge in [0.15, 0.2) is 6.10 Å². The molecule has 1 heterocycles. The van der Waals surface area contributed by atoms with Crippen LogP contribution in [0.5, 0.6) is 5.75 Å². The number of benzene rings is 2. The van der Waals surface area contributed by atoms with Crippen molar-refractivity contribution < 1.29 is 9.53 Å². The van der Waals surface area contributed by atoms with Gasteiger partial charge in [0.2, 0.25) is 0 Å². The number of hydrogen-bond donors (Lipinski definition) is 1. The van der Waals surface area contributed by atoms with Gasteiger partial charge >= 0.3 is 0 Å². The van der Waals surface area contributed by atoms with Crippen molar-refractivity contribution in [2.75, 3.05) is 7.05 Å². The minimum absolute atomic E-state index is 0.182. The van der Waals surface area contributed by atoms with Crippen LogP contribution in [0.2, 0.25) is 5.15 Å². The van der Waals surface area contributed by atoms with Crippen molar-refractivity contribution in [3.63, 3.8) is 0 Å². The Bertz CT molecular complexity index is 940. The Morgan fingerprint density at radius 1 is 1.16 bits per heavy atom. The van der Waals surface area contributed by atoms with Crippen LogP contribution in [0.25, 0.3) is 21.9 Å². The first-order valence-electron chi connectivity index (χ1n) is 8.03. The molecule has 1 atom stereocenters. The fourth-order valence-electron chi connectivity index (χ4n) is 2.81. The second-order valence-corrected chi connectivity index (χ2v) is 6.22. The van der Waals surface area contributed by atoms with Crippen LogP contribution in [0.1, 0.15) is 12.5 Å². The largest absolute Gasteiger partial charge is 0.481 e. The van der Waals surface area contributed by atoms with E-state index in [2.05, 4.69) is 29.4 Å². The maximum absolute atomic E-state index is 11.6. The van der Waals surface area contributed by atoms with Crippen molar-refractivity contribution in [3.05, 3.63) is 59.4 Å². The van der Waals surface area contributed by atoms with E-state index < -0.39 is 6.10 Å². The van der Waals surface area contributed by atoms with Crippen LogP contribution in [0, 0.1) is 6.92 Å². The third-order valence-corrected chi connectivity index (χ3v) is 4.48. The van der Waals surface area contributed by atoms with E-state index in [9.17, 15) is 4.79 Å². The number of fused-ring (bicyclic) bond motifs is 1. The lowest BCUT2D eigenvalue weighted by Crippen LogP contribution is -2.33. The monoisotopic (exact) mass is 354 g/mol. The molecular formula is C20H19ClN2O2. The summed E-state index contributed by atoms with van der Waals surface area (Å²) < 4.78 is 5.70. The van der Waals surface area contributed by atoms with Gasteiger partial charge in [0.25, 0.3) is 5.91 Å². The van der Waals surface area contributed by atoms with Gasteiger partial charge in [-0.3, -0.25) is 4.79 Å².